The van der Waals surface area contributed by atoms with Gasteiger partial charge in [-0.1, -0.05) is 74.0 Å². The first-order valence-electron chi connectivity index (χ1n) is 11.7. The number of nitrogens with zero attached hydrogens (tertiary/aromatic N) is 1. The second-order valence-corrected chi connectivity index (χ2v) is 11.9. The van der Waals surface area contributed by atoms with E-state index in [0.717, 1.165) is 51.1 Å². The van der Waals surface area contributed by atoms with Crippen molar-refractivity contribution in [3.8, 4) is 0 Å². The van der Waals surface area contributed by atoms with Crippen LogP contribution in [0.3, 0.4) is 0 Å². The van der Waals surface area contributed by atoms with Crippen LogP contribution in [0.2, 0.25) is 0 Å². The van der Waals surface area contributed by atoms with Gasteiger partial charge in [-0.15, -0.1) is 0 Å². The quantitative estimate of drug-likeness (QED) is 0.430. The molecule has 0 radical (unpaired) electrons. The number of ketones is 2. The van der Waals surface area contributed by atoms with Gasteiger partial charge in [-0.25, -0.2) is 0 Å². The Labute approximate surface area is 204 Å². The first-order chi connectivity index (χ1) is 15.6. The molecule has 3 aliphatic rings. The number of benzene rings is 2. The highest BCUT2D eigenvalue weighted by atomic mass is 79.9. The zero-order chi connectivity index (χ0) is 23.5. The standard InChI is InChI=1S/C29H30BrNO2/c1-28(2)16-21-25(23(33)17-28)24(18-8-6-5-7-9-18)26-22(32)14-15-29(3,4)27(26)31(21)20-12-10-19(30)11-13-20/h5-13,24H,14-17H2,1-4H3. The number of hydrogen-bond acceptors (Lipinski definition) is 3. The van der Waals surface area contributed by atoms with E-state index in [2.05, 4.69) is 72.8 Å². The molecule has 1 unspecified atom stereocenters. The molecule has 4 heteroatoms. The van der Waals surface area contributed by atoms with Crippen LogP contribution in [0.4, 0.5) is 5.69 Å². The van der Waals surface area contributed by atoms with Gasteiger partial charge in [0.2, 0.25) is 0 Å². The molecule has 3 nitrogen and oxygen atoms in total. The van der Waals surface area contributed by atoms with E-state index in [1.54, 1.807) is 0 Å². The number of anilines is 1. The Bertz CT molecular complexity index is 1200. The summed E-state index contributed by atoms with van der Waals surface area (Å²) in [5.74, 6) is 0.0444. The molecule has 0 aromatic heterocycles. The van der Waals surface area contributed by atoms with Crippen LogP contribution in [0.15, 0.2) is 81.6 Å². The van der Waals surface area contributed by atoms with Crippen molar-refractivity contribution in [1.29, 1.82) is 0 Å². The van der Waals surface area contributed by atoms with Crippen molar-refractivity contribution in [3.63, 3.8) is 0 Å². The highest BCUT2D eigenvalue weighted by Gasteiger charge is 2.50. The molecule has 0 spiro atoms. The summed E-state index contributed by atoms with van der Waals surface area (Å²) in [6.45, 7) is 8.83. The molecule has 0 fully saturated rings. The van der Waals surface area contributed by atoms with E-state index in [1.165, 1.54) is 0 Å². The van der Waals surface area contributed by atoms with Crippen molar-refractivity contribution >= 4 is 33.2 Å². The summed E-state index contributed by atoms with van der Waals surface area (Å²) >= 11 is 3.56. The lowest BCUT2D eigenvalue weighted by molar-refractivity contribution is -0.118. The van der Waals surface area contributed by atoms with Gasteiger partial charge < -0.3 is 4.90 Å². The maximum atomic E-state index is 13.8. The molecule has 2 aromatic carbocycles. The van der Waals surface area contributed by atoms with Crippen molar-refractivity contribution in [3.05, 3.63) is 87.2 Å². The van der Waals surface area contributed by atoms with Crippen LogP contribution in [0.1, 0.15) is 64.9 Å². The van der Waals surface area contributed by atoms with Gasteiger partial charge in [0.05, 0.1) is 0 Å². The Hall–Kier alpha value is -2.46. The summed E-state index contributed by atoms with van der Waals surface area (Å²) in [6.07, 6.45) is 2.63. The highest BCUT2D eigenvalue weighted by Crippen LogP contribution is 2.56. The van der Waals surface area contributed by atoms with Gasteiger partial charge in [0.1, 0.15) is 0 Å². The number of hydrogen-bond donors (Lipinski definition) is 0. The minimum atomic E-state index is -0.293. The number of rotatable bonds is 2. The van der Waals surface area contributed by atoms with Crippen molar-refractivity contribution < 1.29 is 9.59 Å². The van der Waals surface area contributed by atoms with E-state index < -0.39 is 0 Å². The molecule has 0 saturated carbocycles. The molecule has 1 aliphatic heterocycles. The smallest absolute Gasteiger partial charge is 0.162 e. The minimum Gasteiger partial charge on any atom is -0.317 e. The lowest BCUT2D eigenvalue weighted by Crippen LogP contribution is -2.46. The molecular weight excluding hydrogens is 474 g/mol. The first kappa shape index (κ1) is 22.3. The van der Waals surface area contributed by atoms with E-state index in [9.17, 15) is 9.59 Å². The maximum Gasteiger partial charge on any atom is 0.162 e. The second kappa shape index (κ2) is 7.80. The third-order valence-electron chi connectivity index (χ3n) is 7.36. The van der Waals surface area contributed by atoms with Crippen LogP contribution in [0.5, 0.6) is 0 Å². The number of carbonyl (C=O) groups excluding carboxylic acids is 2. The second-order valence-electron chi connectivity index (χ2n) is 11.0. The van der Waals surface area contributed by atoms with Gasteiger partial charge in [-0.3, -0.25) is 9.59 Å². The number of Topliss-reactive ketones (excluding diaryl/α,β-unsaturated/α-hetero) is 2. The summed E-state index contributed by atoms with van der Waals surface area (Å²) < 4.78 is 1.01. The number of halogens is 1. The lowest BCUT2D eigenvalue weighted by Gasteiger charge is -2.51. The molecule has 1 atom stereocenters. The number of allylic oxidation sites excluding steroid dienone is 4. The molecular formula is C29H30BrNO2. The normalized spacial score (nSPS) is 24.0. The largest absolute Gasteiger partial charge is 0.317 e. The van der Waals surface area contributed by atoms with Gasteiger partial charge in [-0.05, 0) is 48.1 Å². The van der Waals surface area contributed by atoms with E-state index >= 15 is 0 Å². The topological polar surface area (TPSA) is 37.4 Å². The lowest BCUT2D eigenvalue weighted by atomic mass is 9.62. The Kier molecular flexibility index (Phi) is 5.28. The predicted octanol–water partition coefficient (Wildman–Crippen LogP) is 7.34. The minimum absolute atomic E-state index is 0.133. The molecule has 5 rings (SSSR count). The maximum absolute atomic E-state index is 13.8. The van der Waals surface area contributed by atoms with Gasteiger partial charge >= 0.3 is 0 Å². The average Bonchev–Trinajstić information content (AvgIpc) is 2.76. The zero-order valence-corrected chi connectivity index (χ0v) is 21.3. The van der Waals surface area contributed by atoms with Crippen molar-refractivity contribution in [2.45, 2.75) is 59.3 Å². The summed E-state index contributed by atoms with van der Waals surface area (Å²) in [4.78, 5) is 29.7. The summed E-state index contributed by atoms with van der Waals surface area (Å²) in [7, 11) is 0. The summed E-state index contributed by atoms with van der Waals surface area (Å²) in [5.41, 5.74) is 5.48. The van der Waals surface area contributed by atoms with Crippen LogP contribution in [-0.4, -0.2) is 11.6 Å². The fraction of sp³-hybridized carbons (Fsp3) is 0.379. The number of carbonyl (C=O) groups is 2. The van der Waals surface area contributed by atoms with Crippen molar-refractivity contribution in [2.75, 3.05) is 4.90 Å². The molecule has 2 aromatic rings. The zero-order valence-electron chi connectivity index (χ0n) is 19.7. The molecule has 1 heterocycles. The van der Waals surface area contributed by atoms with Crippen LogP contribution in [-0.2, 0) is 9.59 Å². The fourth-order valence-electron chi connectivity index (χ4n) is 5.86. The van der Waals surface area contributed by atoms with E-state index in [1.807, 2.05) is 30.3 Å². The molecule has 170 valence electrons. The van der Waals surface area contributed by atoms with Crippen molar-refractivity contribution in [2.24, 2.45) is 10.8 Å². The van der Waals surface area contributed by atoms with Gasteiger partial charge in [-0.2, -0.15) is 0 Å². The van der Waals surface area contributed by atoms with Crippen LogP contribution < -0.4 is 4.90 Å². The van der Waals surface area contributed by atoms with Crippen LogP contribution in [0, 0.1) is 10.8 Å². The fourth-order valence-corrected chi connectivity index (χ4v) is 6.12. The molecule has 0 saturated heterocycles. The molecule has 0 bridgehead atoms. The van der Waals surface area contributed by atoms with Crippen molar-refractivity contribution in [1.82, 2.24) is 0 Å². The SMILES string of the molecule is CC1(C)CC(=O)C2=C(C1)N(c1ccc(Br)cc1)C1=C(C(=O)CCC1(C)C)C2c1ccccc1. The predicted molar refractivity (Wildman–Crippen MR) is 136 cm³/mol. The van der Waals surface area contributed by atoms with Gasteiger partial charge in [0, 0.05) is 56.9 Å². The summed E-state index contributed by atoms with van der Waals surface area (Å²) in [5, 5.41) is 0. The third kappa shape index (κ3) is 3.73. The van der Waals surface area contributed by atoms with Crippen LogP contribution in [0.25, 0.3) is 0 Å². The Balaban J connectivity index is 1.86. The van der Waals surface area contributed by atoms with E-state index in [0.29, 0.717) is 12.8 Å². The van der Waals surface area contributed by atoms with E-state index in [-0.39, 0.29) is 28.3 Å². The van der Waals surface area contributed by atoms with E-state index in [4.69, 9.17) is 0 Å². The molecule has 2 aliphatic carbocycles. The van der Waals surface area contributed by atoms with Gasteiger partial charge in [0.15, 0.2) is 11.6 Å². The Morgan fingerprint density at radius 2 is 1.52 bits per heavy atom. The molecule has 33 heavy (non-hydrogen) atoms. The highest BCUT2D eigenvalue weighted by molar-refractivity contribution is 9.10. The Morgan fingerprint density at radius 3 is 2.18 bits per heavy atom. The van der Waals surface area contributed by atoms with Gasteiger partial charge in [0.25, 0.3) is 0 Å². The first-order valence-corrected chi connectivity index (χ1v) is 12.5. The third-order valence-corrected chi connectivity index (χ3v) is 7.89. The summed E-state index contributed by atoms with van der Waals surface area (Å²) in [6, 6.07) is 18.4. The molecule has 0 N–H and O–H groups in total. The monoisotopic (exact) mass is 503 g/mol. The average molecular weight is 504 g/mol. The van der Waals surface area contributed by atoms with Crippen LogP contribution >= 0.6 is 15.9 Å². The molecule has 0 amide bonds. The Morgan fingerprint density at radius 1 is 0.848 bits per heavy atom.